The molecule has 0 radical (unpaired) electrons. The summed E-state index contributed by atoms with van der Waals surface area (Å²) < 4.78 is 45.5. The molecule has 1 N–H and O–H groups in total. The number of halogens is 3. The Morgan fingerprint density at radius 2 is 1.69 bits per heavy atom. The van der Waals surface area contributed by atoms with Crippen LogP contribution in [-0.4, -0.2) is 25.2 Å². The molecule has 0 fully saturated rings. The minimum Gasteiger partial charge on any atom is -0.483 e. The number of carbonyl (C=O) groups excluding carboxylic acids is 2. The maximum atomic E-state index is 12.1. The molecule has 2 aromatic rings. The summed E-state index contributed by atoms with van der Waals surface area (Å²) in [5, 5.41) is 2.51. The number of nitrogens with one attached hydrogen (secondary N) is 1. The molecule has 1 amide bonds. The number of benzene rings is 2. The molecule has 26 heavy (non-hydrogen) atoms. The van der Waals surface area contributed by atoms with E-state index in [0.29, 0.717) is 28.1 Å². The molecule has 0 saturated carbocycles. The van der Waals surface area contributed by atoms with Crippen molar-refractivity contribution in [3.05, 3.63) is 53.1 Å². The van der Waals surface area contributed by atoms with Crippen LogP contribution in [0.25, 0.3) is 0 Å². The molecular weight excluding hydrogens is 351 g/mol. The first kappa shape index (κ1) is 19.3. The van der Waals surface area contributed by atoms with E-state index in [1.165, 1.54) is 12.1 Å². The molecule has 0 saturated heterocycles. The van der Waals surface area contributed by atoms with Crippen LogP contribution in [0.3, 0.4) is 0 Å². The van der Waals surface area contributed by atoms with Crippen molar-refractivity contribution in [2.24, 2.45) is 0 Å². The van der Waals surface area contributed by atoms with Gasteiger partial charge in [0.2, 0.25) is 0 Å². The summed E-state index contributed by atoms with van der Waals surface area (Å²) in [5.41, 5.74) is 2.25. The summed E-state index contributed by atoms with van der Waals surface area (Å²) in [4.78, 5) is 22.8. The number of aryl methyl sites for hydroxylation is 2. The molecule has 5 nitrogen and oxygen atoms in total. The van der Waals surface area contributed by atoms with Crippen LogP contribution in [0.1, 0.15) is 21.5 Å². The third-order valence-corrected chi connectivity index (χ3v) is 3.34. The predicted molar refractivity (Wildman–Crippen MR) is 88.6 cm³/mol. The van der Waals surface area contributed by atoms with Gasteiger partial charge in [-0.15, -0.1) is 13.2 Å². The van der Waals surface area contributed by atoms with Crippen LogP contribution >= 0.6 is 0 Å². The van der Waals surface area contributed by atoms with Gasteiger partial charge in [-0.2, -0.15) is 0 Å². The van der Waals surface area contributed by atoms with Crippen LogP contribution < -0.4 is 14.8 Å². The number of hydrogen-bond donors (Lipinski definition) is 1. The molecule has 0 atom stereocenters. The van der Waals surface area contributed by atoms with Crippen molar-refractivity contribution in [3.8, 4) is 11.5 Å². The van der Waals surface area contributed by atoms with Gasteiger partial charge in [-0.1, -0.05) is 0 Å². The lowest BCUT2D eigenvalue weighted by Gasteiger charge is -2.13. The molecule has 0 spiro atoms. The fourth-order valence-corrected chi connectivity index (χ4v) is 2.35. The largest absolute Gasteiger partial charge is 0.573 e. The quantitative estimate of drug-likeness (QED) is 0.783. The molecule has 0 aromatic heterocycles. The number of aldehydes is 1. The summed E-state index contributed by atoms with van der Waals surface area (Å²) in [7, 11) is 0. The van der Waals surface area contributed by atoms with Crippen LogP contribution in [0.5, 0.6) is 11.5 Å². The average Bonchev–Trinajstić information content (AvgIpc) is 2.54. The van der Waals surface area contributed by atoms with Gasteiger partial charge in [-0.25, -0.2) is 0 Å². The maximum Gasteiger partial charge on any atom is 0.573 e. The molecule has 138 valence electrons. The van der Waals surface area contributed by atoms with Gasteiger partial charge in [-0.3, -0.25) is 9.59 Å². The van der Waals surface area contributed by atoms with E-state index in [1.807, 2.05) is 0 Å². The van der Waals surface area contributed by atoms with Gasteiger partial charge in [0, 0.05) is 11.3 Å². The van der Waals surface area contributed by atoms with E-state index in [2.05, 4.69) is 10.1 Å². The molecule has 8 heteroatoms. The zero-order valence-corrected chi connectivity index (χ0v) is 14.0. The lowest BCUT2D eigenvalue weighted by molar-refractivity contribution is -0.274. The first-order valence-corrected chi connectivity index (χ1v) is 7.53. The van der Waals surface area contributed by atoms with Gasteiger partial charge < -0.3 is 14.8 Å². The van der Waals surface area contributed by atoms with Crippen LogP contribution in [0.4, 0.5) is 18.9 Å². The van der Waals surface area contributed by atoms with Crippen LogP contribution in [0.2, 0.25) is 0 Å². The SMILES string of the molecule is Cc1cc(C=O)cc(C)c1OCC(=O)Nc1ccc(OC(F)(F)F)cc1. The van der Waals surface area contributed by atoms with Gasteiger partial charge in [0.25, 0.3) is 5.91 Å². The monoisotopic (exact) mass is 367 g/mol. The highest BCUT2D eigenvalue weighted by molar-refractivity contribution is 5.92. The van der Waals surface area contributed by atoms with E-state index in [4.69, 9.17) is 4.74 Å². The van der Waals surface area contributed by atoms with Crippen molar-refractivity contribution in [2.75, 3.05) is 11.9 Å². The summed E-state index contributed by atoms with van der Waals surface area (Å²) in [6.07, 6.45) is -4.05. The first-order valence-electron chi connectivity index (χ1n) is 7.53. The summed E-state index contributed by atoms with van der Waals surface area (Å²) in [6, 6.07) is 8.05. The second-order valence-corrected chi connectivity index (χ2v) is 5.51. The van der Waals surface area contributed by atoms with Gasteiger partial charge in [-0.05, 0) is 61.4 Å². The zero-order chi connectivity index (χ0) is 19.3. The molecule has 0 bridgehead atoms. The Bertz CT molecular complexity index is 778. The van der Waals surface area contributed by atoms with Crippen molar-refractivity contribution in [3.63, 3.8) is 0 Å². The topological polar surface area (TPSA) is 64.6 Å². The predicted octanol–water partition coefficient (Wildman–Crippen LogP) is 4.03. The molecule has 0 aliphatic carbocycles. The number of rotatable bonds is 6. The van der Waals surface area contributed by atoms with E-state index < -0.39 is 12.3 Å². The Hall–Kier alpha value is -3.03. The van der Waals surface area contributed by atoms with Crippen LogP contribution in [0, 0.1) is 13.8 Å². The third kappa shape index (κ3) is 5.51. The highest BCUT2D eigenvalue weighted by Crippen LogP contribution is 2.25. The van der Waals surface area contributed by atoms with Gasteiger partial charge >= 0.3 is 6.36 Å². The molecule has 0 unspecified atom stereocenters. The fraction of sp³-hybridized carbons (Fsp3) is 0.222. The second-order valence-electron chi connectivity index (χ2n) is 5.51. The van der Waals surface area contributed by atoms with E-state index in [9.17, 15) is 22.8 Å². The average molecular weight is 367 g/mol. The number of amides is 1. The molecule has 2 aromatic carbocycles. The third-order valence-electron chi connectivity index (χ3n) is 3.34. The first-order chi connectivity index (χ1) is 12.2. The molecule has 0 aliphatic rings. The Morgan fingerprint density at radius 3 is 2.19 bits per heavy atom. The molecule has 0 heterocycles. The van der Waals surface area contributed by atoms with Crippen molar-refractivity contribution in [2.45, 2.75) is 20.2 Å². The summed E-state index contributed by atoms with van der Waals surface area (Å²) in [5.74, 6) is -0.360. The smallest absolute Gasteiger partial charge is 0.483 e. The normalized spacial score (nSPS) is 11.0. The number of alkyl halides is 3. The molecule has 2 rings (SSSR count). The Balaban J connectivity index is 1.94. The number of hydrogen-bond acceptors (Lipinski definition) is 4. The van der Waals surface area contributed by atoms with Gasteiger partial charge in [0.15, 0.2) is 6.61 Å². The van der Waals surface area contributed by atoms with E-state index in [-0.39, 0.29) is 12.4 Å². The van der Waals surface area contributed by atoms with Crippen LogP contribution in [0.15, 0.2) is 36.4 Å². The van der Waals surface area contributed by atoms with E-state index in [0.717, 1.165) is 18.4 Å². The van der Waals surface area contributed by atoms with Crippen molar-refractivity contribution in [1.82, 2.24) is 0 Å². The maximum absolute atomic E-state index is 12.1. The minimum absolute atomic E-state index is 0.289. The van der Waals surface area contributed by atoms with Gasteiger partial charge in [0.1, 0.15) is 17.8 Å². The highest BCUT2D eigenvalue weighted by atomic mass is 19.4. The number of ether oxygens (including phenoxy) is 2. The van der Waals surface area contributed by atoms with E-state index >= 15 is 0 Å². The fourth-order valence-electron chi connectivity index (χ4n) is 2.35. The van der Waals surface area contributed by atoms with Crippen molar-refractivity contribution >= 4 is 17.9 Å². The number of carbonyl (C=O) groups is 2. The Morgan fingerprint density at radius 1 is 1.12 bits per heavy atom. The van der Waals surface area contributed by atoms with Crippen molar-refractivity contribution in [1.29, 1.82) is 0 Å². The van der Waals surface area contributed by atoms with Crippen molar-refractivity contribution < 1.29 is 32.2 Å². The second kappa shape index (κ2) is 7.90. The lowest BCUT2D eigenvalue weighted by atomic mass is 10.1. The molecular formula is C18H16F3NO4. The number of anilines is 1. The minimum atomic E-state index is -4.77. The standard InChI is InChI=1S/C18H16F3NO4/c1-11-7-13(9-23)8-12(2)17(11)25-10-16(24)22-14-3-5-15(6-4-14)26-18(19,20)21/h3-9H,10H2,1-2H3,(H,22,24). The van der Waals surface area contributed by atoms with E-state index in [1.54, 1.807) is 26.0 Å². The Labute approximate surface area is 147 Å². The lowest BCUT2D eigenvalue weighted by Crippen LogP contribution is -2.21. The molecule has 0 aliphatic heterocycles. The van der Waals surface area contributed by atoms with Gasteiger partial charge in [0.05, 0.1) is 0 Å². The Kier molecular flexibility index (Phi) is 5.86. The highest BCUT2D eigenvalue weighted by Gasteiger charge is 2.30. The zero-order valence-electron chi connectivity index (χ0n) is 14.0. The van der Waals surface area contributed by atoms with Crippen LogP contribution in [-0.2, 0) is 4.79 Å². The summed E-state index contributed by atoms with van der Waals surface area (Å²) in [6.45, 7) is 3.22. The summed E-state index contributed by atoms with van der Waals surface area (Å²) >= 11 is 0.